The average molecular weight is 363 g/mol. The van der Waals surface area contributed by atoms with Crippen molar-refractivity contribution in [2.24, 2.45) is 11.3 Å². The summed E-state index contributed by atoms with van der Waals surface area (Å²) >= 11 is 0. The summed E-state index contributed by atoms with van der Waals surface area (Å²) < 4.78 is 5.66. The average Bonchev–Trinajstić information content (AvgIpc) is 3.36. The van der Waals surface area contributed by atoms with Gasteiger partial charge >= 0.3 is 12.1 Å². The second-order valence-electron chi connectivity index (χ2n) is 7.88. The predicted molar refractivity (Wildman–Crippen MR) is 99.4 cm³/mol. The summed E-state index contributed by atoms with van der Waals surface area (Å²) in [4.78, 5) is 25.7. The van der Waals surface area contributed by atoms with E-state index in [1.807, 2.05) is 24.3 Å². The summed E-state index contributed by atoms with van der Waals surface area (Å²) in [5.74, 6) is -0.551. The number of carbonyl (C=O) groups is 2. The molecule has 2 fully saturated rings. The molecule has 0 unspecified atom stereocenters. The van der Waals surface area contributed by atoms with Crippen LogP contribution in [0.25, 0.3) is 11.1 Å². The van der Waals surface area contributed by atoms with Crippen LogP contribution in [0.15, 0.2) is 48.5 Å². The topological polar surface area (TPSA) is 66.8 Å². The van der Waals surface area contributed by atoms with E-state index in [9.17, 15) is 14.7 Å². The molecule has 0 aromatic heterocycles. The van der Waals surface area contributed by atoms with Crippen LogP contribution in [0.4, 0.5) is 4.79 Å². The van der Waals surface area contributed by atoms with Crippen molar-refractivity contribution in [2.75, 3.05) is 19.7 Å². The summed E-state index contributed by atoms with van der Waals surface area (Å²) in [6.07, 6.45) is 1.02. The smallest absolute Gasteiger partial charge is 0.409 e. The van der Waals surface area contributed by atoms with Gasteiger partial charge in [-0.3, -0.25) is 4.79 Å². The molecule has 138 valence electrons. The van der Waals surface area contributed by atoms with Gasteiger partial charge in [0, 0.05) is 19.0 Å². The van der Waals surface area contributed by atoms with Crippen LogP contribution >= 0.6 is 0 Å². The molecule has 0 bridgehead atoms. The van der Waals surface area contributed by atoms with Gasteiger partial charge < -0.3 is 14.7 Å². The Bertz CT molecular complexity index is 894. The largest absolute Gasteiger partial charge is 0.481 e. The van der Waals surface area contributed by atoms with Crippen LogP contribution in [-0.4, -0.2) is 41.8 Å². The fourth-order valence-electron chi connectivity index (χ4n) is 4.85. The Morgan fingerprint density at radius 2 is 1.70 bits per heavy atom. The Morgan fingerprint density at radius 3 is 2.33 bits per heavy atom. The van der Waals surface area contributed by atoms with Gasteiger partial charge in [-0.25, -0.2) is 4.79 Å². The van der Waals surface area contributed by atoms with Gasteiger partial charge in [0.15, 0.2) is 0 Å². The maximum Gasteiger partial charge on any atom is 0.409 e. The molecule has 0 spiro atoms. The maximum absolute atomic E-state index is 12.6. The van der Waals surface area contributed by atoms with Crippen LogP contribution in [0.5, 0.6) is 0 Å². The van der Waals surface area contributed by atoms with E-state index in [0.717, 1.165) is 6.42 Å². The monoisotopic (exact) mass is 363 g/mol. The molecule has 1 saturated carbocycles. The molecule has 2 aromatic rings. The van der Waals surface area contributed by atoms with Crippen LogP contribution in [0, 0.1) is 11.3 Å². The van der Waals surface area contributed by atoms with E-state index < -0.39 is 17.5 Å². The van der Waals surface area contributed by atoms with Crippen molar-refractivity contribution in [1.82, 2.24) is 4.90 Å². The van der Waals surface area contributed by atoms with Gasteiger partial charge in [-0.1, -0.05) is 48.5 Å². The molecular formula is C22H21NO4. The molecule has 27 heavy (non-hydrogen) atoms. The fraction of sp³-hybridized carbons (Fsp3) is 0.364. The van der Waals surface area contributed by atoms with Crippen LogP contribution < -0.4 is 0 Å². The molecule has 5 rings (SSSR count). The van der Waals surface area contributed by atoms with E-state index in [-0.39, 0.29) is 25.0 Å². The minimum Gasteiger partial charge on any atom is -0.481 e. The summed E-state index contributed by atoms with van der Waals surface area (Å²) in [6.45, 7) is 1.12. The number of rotatable bonds is 3. The number of carbonyl (C=O) groups excluding carboxylic acids is 1. The molecule has 2 aromatic carbocycles. The number of ether oxygens (including phenoxy) is 1. The number of fused-ring (bicyclic) bond motifs is 4. The third kappa shape index (κ3) is 2.45. The zero-order valence-corrected chi connectivity index (χ0v) is 14.9. The first-order chi connectivity index (χ1) is 13.1. The summed E-state index contributed by atoms with van der Waals surface area (Å²) in [7, 11) is 0. The molecule has 1 N–H and O–H groups in total. The Balaban J connectivity index is 1.32. The SMILES string of the molecule is O=C(OCC1c2ccccc2-c2ccccc21)N1CC[C@@H]2C[C@@]2(C(=O)O)C1. The highest BCUT2D eigenvalue weighted by atomic mass is 16.6. The predicted octanol–water partition coefficient (Wildman–Crippen LogP) is 3.73. The van der Waals surface area contributed by atoms with Crippen molar-refractivity contribution >= 4 is 12.1 Å². The third-order valence-corrected chi connectivity index (χ3v) is 6.47. The van der Waals surface area contributed by atoms with Gasteiger partial charge in [-0.2, -0.15) is 0 Å². The number of carboxylic acids is 1. The van der Waals surface area contributed by atoms with Crippen molar-refractivity contribution in [3.8, 4) is 11.1 Å². The first-order valence-corrected chi connectivity index (χ1v) is 9.43. The highest BCUT2D eigenvalue weighted by molar-refractivity contribution is 5.81. The number of hydrogen-bond donors (Lipinski definition) is 1. The quantitative estimate of drug-likeness (QED) is 0.902. The van der Waals surface area contributed by atoms with Crippen LogP contribution in [0.1, 0.15) is 29.9 Å². The molecule has 1 saturated heterocycles. The number of amides is 1. The molecule has 1 amide bonds. The molecule has 1 heterocycles. The molecule has 0 radical (unpaired) electrons. The molecular weight excluding hydrogens is 342 g/mol. The highest BCUT2D eigenvalue weighted by Gasteiger charge is 2.63. The van der Waals surface area contributed by atoms with Gasteiger partial charge in [-0.15, -0.1) is 0 Å². The highest BCUT2D eigenvalue weighted by Crippen LogP contribution is 2.57. The number of piperidine rings is 1. The number of hydrogen-bond acceptors (Lipinski definition) is 3. The Labute approximate surface area is 157 Å². The number of carboxylic acid groups (broad SMARTS) is 1. The third-order valence-electron chi connectivity index (χ3n) is 6.47. The molecule has 2 atom stereocenters. The Kier molecular flexibility index (Phi) is 3.54. The van der Waals surface area contributed by atoms with Crippen molar-refractivity contribution in [2.45, 2.75) is 18.8 Å². The molecule has 5 heteroatoms. The summed E-state index contributed by atoms with van der Waals surface area (Å²) in [6, 6.07) is 16.4. The van der Waals surface area contributed by atoms with E-state index >= 15 is 0 Å². The van der Waals surface area contributed by atoms with Crippen molar-refractivity contribution in [1.29, 1.82) is 0 Å². The number of likely N-dealkylation sites (tertiary alicyclic amines) is 1. The van der Waals surface area contributed by atoms with Gasteiger partial charge in [0.05, 0.1) is 5.41 Å². The summed E-state index contributed by atoms with van der Waals surface area (Å²) in [5, 5.41) is 9.48. The van der Waals surface area contributed by atoms with Crippen molar-refractivity contribution < 1.29 is 19.4 Å². The van der Waals surface area contributed by atoms with Gasteiger partial charge in [0.1, 0.15) is 6.61 Å². The number of benzene rings is 2. The number of aliphatic carboxylic acids is 1. The molecule has 2 aliphatic carbocycles. The molecule has 3 aliphatic rings. The van der Waals surface area contributed by atoms with Crippen LogP contribution in [0.3, 0.4) is 0 Å². The van der Waals surface area contributed by atoms with E-state index in [0.29, 0.717) is 13.0 Å². The lowest BCUT2D eigenvalue weighted by Crippen LogP contribution is -2.44. The lowest BCUT2D eigenvalue weighted by atomic mass is 9.97. The minimum absolute atomic E-state index is 0.0215. The minimum atomic E-state index is -0.788. The number of nitrogens with zero attached hydrogens (tertiary/aromatic N) is 1. The standard InChI is InChI=1S/C22H21NO4/c24-20(25)22-11-14(22)9-10-23(13-22)21(26)27-12-19-17-7-3-1-5-15(17)16-6-2-4-8-18(16)19/h1-8,14,19H,9-13H2,(H,24,25)/t14-,22-/m1/s1. The zero-order chi connectivity index (χ0) is 18.6. The van der Waals surface area contributed by atoms with E-state index in [1.54, 1.807) is 4.90 Å². The first kappa shape index (κ1) is 16.4. The lowest BCUT2D eigenvalue weighted by Gasteiger charge is -2.30. The maximum atomic E-state index is 12.6. The van der Waals surface area contributed by atoms with E-state index in [4.69, 9.17) is 4.74 Å². The molecule has 5 nitrogen and oxygen atoms in total. The first-order valence-electron chi connectivity index (χ1n) is 9.43. The Hall–Kier alpha value is -2.82. The lowest BCUT2D eigenvalue weighted by molar-refractivity contribution is -0.145. The van der Waals surface area contributed by atoms with E-state index in [1.165, 1.54) is 22.3 Å². The van der Waals surface area contributed by atoms with Gasteiger partial charge in [-0.05, 0) is 41.0 Å². The molecule has 1 aliphatic heterocycles. The van der Waals surface area contributed by atoms with E-state index in [2.05, 4.69) is 24.3 Å². The van der Waals surface area contributed by atoms with Crippen LogP contribution in [-0.2, 0) is 9.53 Å². The van der Waals surface area contributed by atoms with Crippen molar-refractivity contribution in [3.63, 3.8) is 0 Å². The zero-order valence-electron chi connectivity index (χ0n) is 14.9. The normalized spacial score (nSPS) is 25.3. The van der Waals surface area contributed by atoms with Gasteiger partial charge in [0.2, 0.25) is 0 Å². The second-order valence-corrected chi connectivity index (χ2v) is 7.88. The summed E-state index contributed by atoms with van der Waals surface area (Å²) in [5.41, 5.74) is 4.00. The van der Waals surface area contributed by atoms with Gasteiger partial charge in [0.25, 0.3) is 0 Å². The Morgan fingerprint density at radius 1 is 1.07 bits per heavy atom. The second kappa shape index (κ2) is 5.84. The van der Waals surface area contributed by atoms with Crippen LogP contribution in [0.2, 0.25) is 0 Å². The van der Waals surface area contributed by atoms with Crippen molar-refractivity contribution in [3.05, 3.63) is 59.7 Å². The fourth-order valence-corrected chi connectivity index (χ4v) is 4.85.